The second-order valence-electron chi connectivity index (χ2n) is 2.70. The molecule has 0 bridgehead atoms. The standard InChI is InChI=1S/C8H11BrN2O2S/c1-3-14(12,13)11(2)8-6-7(9)4-5-10-8/h4-6H,3H2,1-2H3. The van der Waals surface area contributed by atoms with Crippen LogP contribution in [0.2, 0.25) is 0 Å². The number of halogens is 1. The van der Waals surface area contributed by atoms with Gasteiger partial charge in [0.2, 0.25) is 10.0 Å². The fourth-order valence-corrected chi connectivity index (χ4v) is 2.00. The minimum absolute atomic E-state index is 0.0672. The Hall–Kier alpha value is -0.620. The van der Waals surface area contributed by atoms with Gasteiger partial charge in [0.25, 0.3) is 0 Å². The molecule has 78 valence electrons. The first-order valence-corrected chi connectivity index (χ1v) is 6.45. The smallest absolute Gasteiger partial charge is 0.235 e. The van der Waals surface area contributed by atoms with Crippen LogP contribution in [0.25, 0.3) is 0 Å². The molecule has 0 unspecified atom stereocenters. The van der Waals surface area contributed by atoms with Crippen molar-refractivity contribution in [1.29, 1.82) is 0 Å². The number of anilines is 1. The Kier molecular flexibility index (Phi) is 3.49. The van der Waals surface area contributed by atoms with E-state index in [2.05, 4.69) is 20.9 Å². The van der Waals surface area contributed by atoms with E-state index < -0.39 is 10.0 Å². The maximum absolute atomic E-state index is 11.5. The lowest BCUT2D eigenvalue weighted by Gasteiger charge is -2.16. The minimum Gasteiger partial charge on any atom is -0.257 e. The summed E-state index contributed by atoms with van der Waals surface area (Å²) in [6.07, 6.45) is 1.56. The van der Waals surface area contributed by atoms with Gasteiger partial charge in [0.05, 0.1) is 5.75 Å². The third-order valence-corrected chi connectivity index (χ3v) is 4.06. The Balaban J connectivity index is 3.07. The van der Waals surface area contributed by atoms with Crippen LogP contribution in [0.4, 0.5) is 5.82 Å². The summed E-state index contributed by atoms with van der Waals surface area (Å²) >= 11 is 3.26. The van der Waals surface area contributed by atoms with Gasteiger partial charge >= 0.3 is 0 Å². The zero-order valence-electron chi connectivity index (χ0n) is 7.94. The first kappa shape index (κ1) is 11.5. The van der Waals surface area contributed by atoms with Gasteiger partial charge in [0.1, 0.15) is 5.82 Å². The molecule has 1 aromatic heterocycles. The predicted octanol–water partition coefficient (Wildman–Crippen LogP) is 1.63. The van der Waals surface area contributed by atoms with Gasteiger partial charge in [-0.25, -0.2) is 13.4 Å². The molecule has 1 rings (SSSR count). The Morgan fingerprint density at radius 1 is 1.57 bits per heavy atom. The Morgan fingerprint density at radius 3 is 2.71 bits per heavy atom. The van der Waals surface area contributed by atoms with E-state index in [9.17, 15) is 8.42 Å². The maximum Gasteiger partial charge on any atom is 0.235 e. The van der Waals surface area contributed by atoms with Crippen LogP contribution in [0.3, 0.4) is 0 Å². The van der Waals surface area contributed by atoms with E-state index in [0.29, 0.717) is 5.82 Å². The molecule has 4 nitrogen and oxygen atoms in total. The van der Waals surface area contributed by atoms with Crippen molar-refractivity contribution in [2.24, 2.45) is 0 Å². The maximum atomic E-state index is 11.5. The first-order valence-electron chi connectivity index (χ1n) is 4.05. The van der Waals surface area contributed by atoms with Crippen molar-refractivity contribution in [2.45, 2.75) is 6.92 Å². The van der Waals surface area contributed by atoms with E-state index in [1.165, 1.54) is 11.4 Å². The number of nitrogens with zero attached hydrogens (tertiary/aromatic N) is 2. The zero-order valence-corrected chi connectivity index (χ0v) is 10.3. The molecule has 0 aliphatic rings. The fourth-order valence-electron chi connectivity index (χ4n) is 0.902. The van der Waals surface area contributed by atoms with Crippen molar-refractivity contribution in [3.63, 3.8) is 0 Å². The SMILES string of the molecule is CCS(=O)(=O)N(C)c1cc(Br)ccn1. The molecular weight excluding hydrogens is 268 g/mol. The molecule has 0 aliphatic heterocycles. The predicted molar refractivity (Wildman–Crippen MR) is 59.8 cm³/mol. The average molecular weight is 279 g/mol. The highest BCUT2D eigenvalue weighted by atomic mass is 79.9. The number of hydrogen-bond donors (Lipinski definition) is 0. The quantitative estimate of drug-likeness (QED) is 0.845. The Labute approximate surface area is 92.1 Å². The normalized spacial score (nSPS) is 11.4. The van der Waals surface area contributed by atoms with Crippen molar-refractivity contribution < 1.29 is 8.42 Å². The van der Waals surface area contributed by atoms with Gasteiger partial charge in [-0.3, -0.25) is 4.31 Å². The molecule has 0 spiro atoms. The third-order valence-electron chi connectivity index (χ3n) is 1.81. The summed E-state index contributed by atoms with van der Waals surface area (Å²) in [5.41, 5.74) is 0. The number of rotatable bonds is 3. The second kappa shape index (κ2) is 4.27. The Bertz CT molecular complexity index is 419. The monoisotopic (exact) mass is 278 g/mol. The molecule has 14 heavy (non-hydrogen) atoms. The van der Waals surface area contributed by atoms with E-state index in [1.807, 2.05) is 0 Å². The molecule has 1 heterocycles. The van der Waals surface area contributed by atoms with E-state index in [0.717, 1.165) is 4.47 Å². The van der Waals surface area contributed by atoms with Crippen LogP contribution in [0.5, 0.6) is 0 Å². The van der Waals surface area contributed by atoms with Gasteiger partial charge < -0.3 is 0 Å². The Morgan fingerprint density at radius 2 is 2.21 bits per heavy atom. The summed E-state index contributed by atoms with van der Waals surface area (Å²) in [7, 11) is -1.72. The van der Waals surface area contributed by atoms with Gasteiger partial charge in [-0.2, -0.15) is 0 Å². The van der Waals surface area contributed by atoms with Gasteiger partial charge in [-0.1, -0.05) is 15.9 Å². The van der Waals surface area contributed by atoms with Crippen LogP contribution in [0.1, 0.15) is 6.92 Å². The lowest BCUT2D eigenvalue weighted by molar-refractivity contribution is 0.595. The molecule has 0 fully saturated rings. The van der Waals surface area contributed by atoms with Crippen LogP contribution >= 0.6 is 15.9 Å². The fraction of sp³-hybridized carbons (Fsp3) is 0.375. The molecule has 0 atom stereocenters. The number of hydrogen-bond acceptors (Lipinski definition) is 3. The minimum atomic E-state index is -3.22. The molecule has 0 aromatic carbocycles. The molecular formula is C8H11BrN2O2S. The molecule has 0 saturated heterocycles. The molecule has 0 aliphatic carbocycles. The van der Waals surface area contributed by atoms with Gasteiger partial charge in [-0.15, -0.1) is 0 Å². The molecule has 6 heteroatoms. The number of aromatic nitrogens is 1. The molecule has 1 aromatic rings. The van der Waals surface area contributed by atoms with Crippen LogP contribution in [0, 0.1) is 0 Å². The van der Waals surface area contributed by atoms with E-state index >= 15 is 0 Å². The zero-order chi connectivity index (χ0) is 10.8. The second-order valence-corrected chi connectivity index (χ2v) is 5.90. The summed E-state index contributed by atoms with van der Waals surface area (Å²) in [4.78, 5) is 3.97. The molecule has 0 saturated carbocycles. The van der Waals surface area contributed by atoms with E-state index in [-0.39, 0.29) is 5.75 Å². The number of pyridine rings is 1. The summed E-state index contributed by atoms with van der Waals surface area (Å²) in [5.74, 6) is 0.485. The molecule has 0 radical (unpaired) electrons. The highest BCUT2D eigenvalue weighted by Crippen LogP contribution is 2.17. The average Bonchev–Trinajstić information content (AvgIpc) is 2.16. The highest BCUT2D eigenvalue weighted by molar-refractivity contribution is 9.10. The van der Waals surface area contributed by atoms with Crippen molar-refractivity contribution >= 4 is 31.8 Å². The van der Waals surface area contributed by atoms with Crippen LogP contribution in [-0.2, 0) is 10.0 Å². The van der Waals surface area contributed by atoms with Crippen molar-refractivity contribution in [2.75, 3.05) is 17.1 Å². The summed E-state index contributed by atoms with van der Waals surface area (Å²) in [6.45, 7) is 1.60. The first-order chi connectivity index (χ1) is 6.47. The van der Waals surface area contributed by atoms with Gasteiger partial charge in [0.15, 0.2) is 0 Å². The van der Waals surface area contributed by atoms with Crippen LogP contribution in [0.15, 0.2) is 22.8 Å². The van der Waals surface area contributed by atoms with Crippen molar-refractivity contribution in [3.8, 4) is 0 Å². The molecule has 0 amide bonds. The highest BCUT2D eigenvalue weighted by Gasteiger charge is 2.16. The topological polar surface area (TPSA) is 50.3 Å². The van der Waals surface area contributed by atoms with E-state index in [1.54, 1.807) is 25.3 Å². The van der Waals surface area contributed by atoms with Gasteiger partial charge in [0, 0.05) is 17.7 Å². The van der Waals surface area contributed by atoms with E-state index in [4.69, 9.17) is 0 Å². The lowest BCUT2D eigenvalue weighted by atomic mass is 10.5. The molecule has 0 N–H and O–H groups in total. The van der Waals surface area contributed by atoms with Crippen LogP contribution in [-0.4, -0.2) is 26.2 Å². The summed E-state index contributed by atoms with van der Waals surface area (Å²) < 4.78 is 24.9. The third kappa shape index (κ3) is 2.45. The summed E-state index contributed by atoms with van der Waals surface area (Å²) in [6, 6.07) is 3.41. The van der Waals surface area contributed by atoms with Crippen LogP contribution < -0.4 is 4.31 Å². The summed E-state index contributed by atoms with van der Waals surface area (Å²) in [5, 5.41) is 0. The van der Waals surface area contributed by atoms with Gasteiger partial charge in [-0.05, 0) is 19.1 Å². The number of sulfonamides is 1. The van der Waals surface area contributed by atoms with Crippen molar-refractivity contribution in [1.82, 2.24) is 4.98 Å². The largest absolute Gasteiger partial charge is 0.257 e. The lowest BCUT2D eigenvalue weighted by Crippen LogP contribution is -2.28. The van der Waals surface area contributed by atoms with Crippen molar-refractivity contribution in [3.05, 3.63) is 22.8 Å².